The predicted molar refractivity (Wildman–Crippen MR) is 79.9 cm³/mol. The summed E-state index contributed by atoms with van der Waals surface area (Å²) >= 11 is 3.36. The van der Waals surface area contributed by atoms with Crippen LogP contribution in [0.25, 0.3) is 0 Å². The Morgan fingerprint density at radius 3 is 2.42 bits per heavy atom. The number of hydrogen-bond donors (Lipinski definition) is 2. The molecule has 4 nitrogen and oxygen atoms in total. The van der Waals surface area contributed by atoms with Crippen molar-refractivity contribution in [2.75, 3.05) is 11.9 Å². The van der Waals surface area contributed by atoms with Gasteiger partial charge < -0.3 is 10.6 Å². The van der Waals surface area contributed by atoms with E-state index < -0.39 is 5.41 Å². The summed E-state index contributed by atoms with van der Waals surface area (Å²) < 4.78 is 0.835. The molecule has 0 aliphatic rings. The van der Waals surface area contributed by atoms with Crippen molar-refractivity contribution < 1.29 is 9.59 Å². The maximum Gasteiger partial charge on any atom is 0.226 e. The van der Waals surface area contributed by atoms with Crippen molar-refractivity contribution in [2.45, 2.75) is 27.2 Å². The van der Waals surface area contributed by atoms with Gasteiger partial charge in [0, 0.05) is 22.9 Å². The number of nitrogens with one attached hydrogen (secondary N) is 2. The summed E-state index contributed by atoms with van der Waals surface area (Å²) in [4.78, 5) is 23.3. The molecule has 0 radical (unpaired) electrons. The molecule has 1 rings (SSSR count). The van der Waals surface area contributed by atoms with Gasteiger partial charge in [-0.15, -0.1) is 0 Å². The molecule has 0 aliphatic carbocycles. The molecular formula is C14H19BrN2O2. The zero-order valence-corrected chi connectivity index (χ0v) is 13.0. The van der Waals surface area contributed by atoms with Crippen molar-refractivity contribution >= 4 is 33.4 Å². The van der Waals surface area contributed by atoms with Gasteiger partial charge in [0.1, 0.15) is 0 Å². The highest BCUT2D eigenvalue weighted by Crippen LogP contribution is 2.21. The average molecular weight is 327 g/mol. The molecule has 0 heterocycles. The van der Waals surface area contributed by atoms with E-state index in [4.69, 9.17) is 0 Å². The van der Waals surface area contributed by atoms with Gasteiger partial charge in [-0.3, -0.25) is 9.59 Å². The maximum absolute atomic E-state index is 11.7. The molecule has 0 saturated carbocycles. The lowest BCUT2D eigenvalue weighted by Gasteiger charge is -2.17. The molecule has 0 aliphatic heterocycles. The number of anilines is 1. The smallest absolute Gasteiger partial charge is 0.226 e. The van der Waals surface area contributed by atoms with Crippen LogP contribution in [0.4, 0.5) is 5.69 Å². The Morgan fingerprint density at radius 1 is 1.21 bits per heavy atom. The third-order valence-corrected chi connectivity index (χ3v) is 3.16. The van der Waals surface area contributed by atoms with Gasteiger partial charge in [-0.05, 0) is 28.1 Å². The van der Waals surface area contributed by atoms with Crippen LogP contribution in [0.15, 0.2) is 28.7 Å². The Labute approximate surface area is 122 Å². The second kappa shape index (κ2) is 6.70. The fourth-order valence-corrected chi connectivity index (χ4v) is 1.71. The van der Waals surface area contributed by atoms with Gasteiger partial charge in [0.05, 0.1) is 5.69 Å². The van der Waals surface area contributed by atoms with E-state index in [-0.39, 0.29) is 18.2 Å². The molecule has 0 unspecified atom stereocenters. The second-order valence-corrected chi connectivity index (χ2v) is 6.14. The van der Waals surface area contributed by atoms with Crippen LogP contribution in [-0.4, -0.2) is 18.4 Å². The van der Waals surface area contributed by atoms with E-state index in [1.54, 1.807) is 0 Å². The Bertz CT molecular complexity index is 467. The number of rotatable bonds is 4. The summed E-state index contributed by atoms with van der Waals surface area (Å²) in [5.41, 5.74) is 0.300. The molecule has 19 heavy (non-hydrogen) atoms. The number of carbonyl (C=O) groups is 2. The van der Waals surface area contributed by atoms with Crippen molar-refractivity contribution in [3.8, 4) is 0 Å². The number of carbonyl (C=O) groups excluding carboxylic acids is 2. The standard InChI is InChI=1S/C14H19BrN2O2/c1-14(2,3)13(19)16-9-8-12(18)17-11-7-5-4-6-10(11)15/h4-7H,8-9H2,1-3H3,(H,16,19)(H,17,18). The number of benzene rings is 1. The van der Waals surface area contributed by atoms with Gasteiger partial charge in [0.15, 0.2) is 0 Å². The lowest BCUT2D eigenvalue weighted by Crippen LogP contribution is -2.36. The van der Waals surface area contributed by atoms with Crippen LogP contribution in [0.2, 0.25) is 0 Å². The van der Waals surface area contributed by atoms with Crippen molar-refractivity contribution in [3.63, 3.8) is 0 Å². The average Bonchev–Trinajstić information content (AvgIpc) is 2.31. The van der Waals surface area contributed by atoms with Crippen molar-refractivity contribution in [1.29, 1.82) is 0 Å². The first-order valence-corrected chi connectivity index (χ1v) is 6.92. The van der Waals surface area contributed by atoms with Gasteiger partial charge in [-0.1, -0.05) is 32.9 Å². The van der Waals surface area contributed by atoms with Crippen molar-refractivity contribution in [3.05, 3.63) is 28.7 Å². The van der Waals surface area contributed by atoms with Crippen molar-refractivity contribution in [1.82, 2.24) is 5.32 Å². The van der Waals surface area contributed by atoms with Crippen LogP contribution in [0.3, 0.4) is 0 Å². The zero-order chi connectivity index (χ0) is 14.5. The van der Waals surface area contributed by atoms with Gasteiger partial charge in [0.25, 0.3) is 0 Å². The molecule has 0 fully saturated rings. The molecule has 1 aromatic rings. The zero-order valence-electron chi connectivity index (χ0n) is 11.4. The summed E-state index contributed by atoms with van der Waals surface area (Å²) in [6.07, 6.45) is 0.253. The first-order valence-electron chi connectivity index (χ1n) is 6.13. The summed E-state index contributed by atoms with van der Waals surface area (Å²) in [6, 6.07) is 7.40. The van der Waals surface area contributed by atoms with E-state index in [2.05, 4.69) is 26.6 Å². The summed E-state index contributed by atoms with van der Waals surface area (Å²) in [6.45, 7) is 5.85. The first kappa shape index (κ1) is 15.7. The van der Waals surface area contributed by atoms with E-state index in [9.17, 15) is 9.59 Å². The Balaban J connectivity index is 2.37. The Hall–Kier alpha value is -1.36. The van der Waals surface area contributed by atoms with E-state index in [0.717, 1.165) is 10.2 Å². The van der Waals surface area contributed by atoms with Crippen LogP contribution in [0.1, 0.15) is 27.2 Å². The van der Waals surface area contributed by atoms with Gasteiger partial charge in [-0.25, -0.2) is 0 Å². The van der Waals surface area contributed by atoms with E-state index in [0.29, 0.717) is 6.54 Å². The highest BCUT2D eigenvalue weighted by molar-refractivity contribution is 9.10. The minimum Gasteiger partial charge on any atom is -0.355 e. The lowest BCUT2D eigenvalue weighted by atomic mass is 9.96. The molecule has 0 saturated heterocycles. The summed E-state index contributed by atoms with van der Waals surface area (Å²) in [5.74, 6) is -0.178. The summed E-state index contributed by atoms with van der Waals surface area (Å²) in [5, 5.41) is 5.53. The van der Waals surface area contributed by atoms with Crippen LogP contribution >= 0.6 is 15.9 Å². The van der Waals surface area contributed by atoms with Gasteiger partial charge >= 0.3 is 0 Å². The molecule has 2 amide bonds. The number of halogens is 1. The topological polar surface area (TPSA) is 58.2 Å². The molecule has 1 aromatic carbocycles. The van der Waals surface area contributed by atoms with Gasteiger partial charge in [-0.2, -0.15) is 0 Å². The van der Waals surface area contributed by atoms with Crippen molar-refractivity contribution in [2.24, 2.45) is 5.41 Å². The molecular weight excluding hydrogens is 308 g/mol. The molecule has 0 atom stereocenters. The van der Waals surface area contributed by atoms with Gasteiger partial charge in [0.2, 0.25) is 11.8 Å². The molecule has 0 spiro atoms. The fourth-order valence-electron chi connectivity index (χ4n) is 1.33. The Kier molecular flexibility index (Phi) is 5.54. The molecule has 2 N–H and O–H groups in total. The minimum absolute atomic E-state index is 0.0545. The van der Waals surface area contributed by atoms with E-state index >= 15 is 0 Å². The largest absolute Gasteiger partial charge is 0.355 e. The monoisotopic (exact) mass is 326 g/mol. The van der Waals surface area contributed by atoms with E-state index in [1.165, 1.54) is 0 Å². The third-order valence-electron chi connectivity index (χ3n) is 2.47. The maximum atomic E-state index is 11.7. The first-order chi connectivity index (χ1) is 8.80. The number of hydrogen-bond acceptors (Lipinski definition) is 2. The molecule has 5 heteroatoms. The highest BCUT2D eigenvalue weighted by Gasteiger charge is 2.20. The van der Waals surface area contributed by atoms with Crippen LogP contribution in [-0.2, 0) is 9.59 Å². The summed E-state index contributed by atoms with van der Waals surface area (Å²) in [7, 11) is 0. The molecule has 0 bridgehead atoms. The number of amides is 2. The highest BCUT2D eigenvalue weighted by atomic mass is 79.9. The SMILES string of the molecule is CC(C)(C)C(=O)NCCC(=O)Nc1ccccc1Br. The second-order valence-electron chi connectivity index (χ2n) is 5.28. The van der Waals surface area contributed by atoms with Crippen LogP contribution in [0, 0.1) is 5.41 Å². The van der Waals surface area contributed by atoms with Crippen LogP contribution < -0.4 is 10.6 Å². The minimum atomic E-state index is -0.432. The number of para-hydroxylation sites is 1. The normalized spacial score (nSPS) is 10.9. The fraction of sp³-hybridized carbons (Fsp3) is 0.429. The lowest BCUT2D eigenvalue weighted by molar-refractivity contribution is -0.128. The van der Waals surface area contributed by atoms with E-state index in [1.807, 2.05) is 45.0 Å². The van der Waals surface area contributed by atoms with Crippen LogP contribution in [0.5, 0.6) is 0 Å². The third kappa shape index (κ3) is 5.42. The molecule has 104 valence electrons. The predicted octanol–water partition coefficient (Wildman–Crippen LogP) is 2.94. The quantitative estimate of drug-likeness (QED) is 0.893. The molecule has 0 aromatic heterocycles. The Morgan fingerprint density at radius 2 is 1.84 bits per heavy atom.